The van der Waals surface area contributed by atoms with Gasteiger partial charge in [-0.25, -0.2) is 15.0 Å². The lowest BCUT2D eigenvalue weighted by Crippen LogP contribution is -2.47. The van der Waals surface area contributed by atoms with Crippen LogP contribution in [-0.4, -0.2) is 125 Å². The van der Waals surface area contributed by atoms with Gasteiger partial charge in [0.05, 0.1) is 22.9 Å². The Hall–Kier alpha value is -7.30. The third kappa shape index (κ3) is 17.7. The zero-order valence-corrected chi connectivity index (χ0v) is 40.0. The number of aldehydes is 2. The molecule has 22 heteroatoms. The minimum Gasteiger partial charge on any atom is -0.377 e. The lowest BCUT2D eigenvalue weighted by atomic mass is 10.0. The number of aliphatic hydroxyl groups excluding tert-OH is 1. The largest absolute Gasteiger partial charge is 0.416 e. The number of benzene rings is 2. The van der Waals surface area contributed by atoms with Crippen LogP contribution in [0.4, 0.5) is 41.2 Å². The highest BCUT2D eigenvalue weighted by Gasteiger charge is 2.32. The molecule has 1 atom stereocenters. The van der Waals surface area contributed by atoms with Crippen molar-refractivity contribution in [3.63, 3.8) is 0 Å². The fraction of sp³-hybridized carbons (Fsp3) is 0.340. The Morgan fingerprint density at radius 2 is 1.72 bits per heavy atom. The number of thiazole rings is 1. The van der Waals surface area contributed by atoms with Crippen LogP contribution < -0.4 is 32.3 Å². The zero-order valence-electron chi connectivity index (χ0n) is 39.1. The molecule has 1 unspecified atom stereocenters. The summed E-state index contributed by atoms with van der Waals surface area (Å²) in [5, 5.41) is 22.9. The number of carbonyl (C=O) groups excluding carboxylic acids is 6. The summed E-state index contributed by atoms with van der Waals surface area (Å²) in [4.78, 5) is 87.5. The van der Waals surface area contributed by atoms with Gasteiger partial charge < -0.3 is 52.0 Å². The molecule has 1 aliphatic rings. The molecular weight excluding hydrogens is 920 g/mol. The van der Waals surface area contributed by atoms with Crippen LogP contribution in [0, 0.1) is 13.8 Å². The topological polar surface area (TPSA) is 254 Å². The summed E-state index contributed by atoms with van der Waals surface area (Å²) >= 11 is 1.04. The summed E-state index contributed by atoms with van der Waals surface area (Å²) in [6, 6.07) is 10.6. The van der Waals surface area contributed by atoms with Gasteiger partial charge in [-0.1, -0.05) is 61.6 Å². The SMILES string of the molecule is CCN(CC)CCNc1ccnc(C)n1.CNC(=O)C(CCC=O)N(C)C(=O)c1cccc(NCO)c1C=O.Cc1ccc(NC(=O)C2=CC=CC(C(F)(F)F)=CC2)cc1NC(=O)c1cnc(N)s1. The fourth-order valence-corrected chi connectivity index (χ4v) is 6.98. The Bertz CT molecular complexity index is 2490. The van der Waals surface area contributed by atoms with Gasteiger partial charge >= 0.3 is 6.18 Å². The summed E-state index contributed by atoms with van der Waals surface area (Å²) in [5.41, 5.74) is 7.04. The van der Waals surface area contributed by atoms with Crippen LogP contribution in [-0.2, 0) is 14.4 Å². The minimum atomic E-state index is -4.47. The number of anilines is 5. The standard InChI is InChI=1S/C20H17F3N4O2S.C16H21N3O5.C11H20N4/c1-11-5-8-14(9-15(11)27-18(29)16-10-25-19(24)30-16)26-17(28)12-3-2-4-13(7-6-12)20(21,22)23;1-17-15(23)14(7-4-8-20)19(2)16(24)11-5-3-6-13(18-10-22)12(11)9-21;1-4-15(5-2)9-8-13-11-6-7-12-10(3)14-11/h2-5,7-10H,6H2,1H3,(H2,24,25)(H,26,28)(H,27,29);3,5-6,8-9,14,18,22H,4,7,10H2,1-2H3,(H,17,23);6-7H,4-5,8-9H2,1-3H3,(H,12,13,14). The highest BCUT2D eigenvalue weighted by molar-refractivity contribution is 7.17. The smallest absolute Gasteiger partial charge is 0.377 e. The Labute approximate surface area is 402 Å². The number of hydrogen-bond acceptors (Lipinski definition) is 15. The summed E-state index contributed by atoms with van der Waals surface area (Å²) < 4.78 is 38.5. The molecule has 370 valence electrons. The highest BCUT2D eigenvalue weighted by Crippen LogP contribution is 2.30. The summed E-state index contributed by atoms with van der Waals surface area (Å²) in [6.07, 6.45) is 4.45. The number of hydrogen-bond donors (Lipinski definition) is 7. The third-order valence-electron chi connectivity index (χ3n) is 10.2. The molecule has 0 aliphatic heterocycles. The van der Waals surface area contributed by atoms with E-state index in [4.69, 9.17) is 10.8 Å². The molecule has 5 rings (SSSR count). The molecule has 18 nitrogen and oxygen atoms in total. The average Bonchev–Trinajstić information content (AvgIpc) is 3.60. The van der Waals surface area contributed by atoms with Gasteiger partial charge in [0.1, 0.15) is 35.6 Å². The molecule has 0 saturated heterocycles. The Kier molecular flexibility index (Phi) is 22.8. The first kappa shape index (κ1) is 56.0. The van der Waals surface area contributed by atoms with Crippen molar-refractivity contribution in [3.8, 4) is 0 Å². The summed E-state index contributed by atoms with van der Waals surface area (Å²) in [5.74, 6) is -0.131. The Morgan fingerprint density at radius 3 is 2.33 bits per heavy atom. The molecule has 8 N–H and O–H groups in total. The van der Waals surface area contributed by atoms with Gasteiger partial charge in [-0.15, -0.1) is 0 Å². The number of likely N-dealkylation sites (N-methyl/N-ethyl adjacent to an activating group) is 3. The van der Waals surface area contributed by atoms with Crippen LogP contribution in [0.2, 0.25) is 0 Å². The van der Waals surface area contributed by atoms with Crippen molar-refractivity contribution in [2.24, 2.45) is 0 Å². The molecule has 0 bridgehead atoms. The fourth-order valence-electron chi connectivity index (χ4n) is 6.40. The molecule has 2 aromatic heterocycles. The number of aryl methyl sites for hydroxylation is 2. The number of halogens is 3. The molecule has 2 aromatic carbocycles. The van der Waals surface area contributed by atoms with Crippen molar-refractivity contribution in [1.29, 1.82) is 0 Å². The van der Waals surface area contributed by atoms with Crippen molar-refractivity contribution in [1.82, 2.24) is 30.1 Å². The lowest BCUT2D eigenvalue weighted by Gasteiger charge is -2.27. The number of nitrogens with zero attached hydrogens (tertiary/aromatic N) is 5. The molecule has 1 aliphatic carbocycles. The van der Waals surface area contributed by atoms with E-state index < -0.39 is 48.2 Å². The Balaban J connectivity index is 0.000000290. The van der Waals surface area contributed by atoms with E-state index in [1.807, 2.05) is 13.0 Å². The second-order valence-corrected chi connectivity index (χ2v) is 15.9. The van der Waals surface area contributed by atoms with Crippen LogP contribution in [0.5, 0.6) is 0 Å². The van der Waals surface area contributed by atoms with E-state index in [9.17, 15) is 41.9 Å². The monoisotopic (exact) mass is 977 g/mol. The van der Waals surface area contributed by atoms with E-state index in [0.717, 1.165) is 66.9 Å². The number of nitrogen functional groups attached to an aromatic ring is 1. The van der Waals surface area contributed by atoms with E-state index in [-0.39, 0.29) is 41.1 Å². The first-order valence-corrected chi connectivity index (χ1v) is 22.4. The van der Waals surface area contributed by atoms with Gasteiger partial charge in [0.25, 0.3) is 17.7 Å². The number of alkyl halides is 3. The number of aromatic nitrogens is 3. The molecular formula is C47H58F3N11O7S. The van der Waals surface area contributed by atoms with Crippen molar-refractivity contribution in [2.75, 3.05) is 74.0 Å². The van der Waals surface area contributed by atoms with Gasteiger partial charge in [-0.3, -0.25) is 24.0 Å². The number of allylic oxidation sites excluding steroid dienone is 5. The zero-order chi connectivity index (χ0) is 51.1. The molecule has 4 amide bonds. The predicted molar refractivity (Wildman–Crippen MR) is 261 cm³/mol. The summed E-state index contributed by atoms with van der Waals surface area (Å²) in [6.45, 7) is 11.8. The first-order valence-electron chi connectivity index (χ1n) is 21.6. The van der Waals surface area contributed by atoms with Crippen LogP contribution in [0.15, 0.2) is 90.3 Å². The molecule has 2 heterocycles. The normalized spacial score (nSPS) is 12.3. The number of nitrogens with two attached hydrogens (primary N) is 1. The van der Waals surface area contributed by atoms with Crippen molar-refractivity contribution < 1.29 is 47.0 Å². The van der Waals surface area contributed by atoms with Crippen LogP contribution in [0.25, 0.3) is 0 Å². The number of aliphatic hydroxyl groups is 1. The molecule has 0 saturated carbocycles. The molecule has 0 radical (unpaired) electrons. The predicted octanol–water partition coefficient (Wildman–Crippen LogP) is 6.16. The van der Waals surface area contributed by atoms with Gasteiger partial charge in [-0.05, 0) is 75.7 Å². The van der Waals surface area contributed by atoms with Gasteiger partial charge in [0.15, 0.2) is 11.4 Å². The second kappa shape index (κ2) is 28.1. The van der Waals surface area contributed by atoms with Crippen LogP contribution >= 0.6 is 11.3 Å². The molecule has 0 spiro atoms. The Morgan fingerprint density at radius 1 is 0.986 bits per heavy atom. The van der Waals surface area contributed by atoms with Crippen LogP contribution in [0.1, 0.15) is 74.9 Å². The highest BCUT2D eigenvalue weighted by atomic mass is 32.1. The van der Waals surface area contributed by atoms with E-state index >= 15 is 0 Å². The van der Waals surface area contributed by atoms with E-state index in [1.54, 1.807) is 43.5 Å². The molecule has 0 fully saturated rings. The third-order valence-corrected chi connectivity index (χ3v) is 11.1. The minimum absolute atomic E-state index is 0.0921. The van der Waals surface area contributed by atoms with Crippen LogP contribution in [0.3, 0.4) is 0 Å². The number of carbonyl (C=O) groups is 6. The van der Waals surface area contributed by atoms with Crippen molar-refractivity contribution in [3.05, 3.63) is 118 Å². The van der Waals surface area contributed by atoms with E-state index in [1.165, 1.54) is 43.4 Å². The maximum atomic E-state index is 12.8. The number of rotatable bonds is 19. The van der Waals surface area contributed by atoms with Gasteiger partial charge in [0, 0.05) is 62.4 Å². The van der Waals surface area contributed by atoms with Crippen molar-refractivity contribution in [2.45, 2.75) is 59.2 Å². The van der Waals surface area contributed by atoms with Gasteiger partial charge in [-0.2, -0.15) is 13.2 Å². The van der Waals surface area contributed by atoms with E-state index in [0.29, 0.717) is 34.5 Å². The number of amides is 4. The van der Waals surface area contributed by atoms with Gasteiger partial charge in [0.2, 0.25) is 5.91 Å². The van der Waals surface area contributed by atoms with E-state index in [2.05, 4.69) is 60.3 Å². The molecule has 69 heavy (non-hydrogen) atoms. The first-order chi connectivity index (χ1) is 32.9. The number of nitrogens with one attached hydrogen (secondary N) is 5. The molecule has 4 aromatic rings. The maximum Gasteiger partial charge on any atom is 0.416 e. The maximum absolute atomic E-state index is 12.8. The second-order valence-electron chi connectivity index (χ2n) is 14.9. The quantitative estimate of drug-likeness (QED) is 0.0410. The summed E-state index contributed by atoms with van der Waals surface area (Å²) in [7, 11) is 2.88. The lowest BCUT2D eigenvalue weighted by molar-refractivity contribution is -0.125. The average molecular weight is 978 g/mol. The van der Waals surface area contributed by atoms with Crippen molar-refractivity contribution >= 4 is 75.5 Å².